The number of carbonyl (C=O) groups excluding carboxylic acids is 1. The van der Waals surface area contributed by atoms with E-state index in [2.05, 4.69) is 10.4 Å². The van der Waals surface area contributed by atoms with Gasteiger partial charge in [0.2, 0.25) is 0 Å². The average molecular weight is 301 g/mol. The lowest BCUT2D eigenvalue weighted by Gasteiger charge is -2.29. The third-order valence-corrected chi connectivity index (χ3v) is 3.96. The van der Waals surface area contributed by atoms with Gasteiger partial charge in [0.1, 0.15) is 0 Å². The highest BCUT2D eigenvalue weighted by Crippen LogP contribution is 2.16. The Kier molecular flexibility index (Phi) is 4.98. The summed E-state index contributed by atoms with van der Waals surface area (Å²) in [6, 6.07) is 7.32. The van der Waals surface area contributed by atoms with Crippen molar-refractivity contribution < 1.29 is 9.90 Å². The molecule has 1 amide bonds. The molecule has 2 N–H and O–H groups in total. The number of aryl methyl sites for hydroxylation is 1. The lowest BCUT2D eigenvalue weighted by molar-refractivity contribution is 0.0886. The molecule has 0 saturated heterocycles. The number of aliphatic hydroxyl groups is 1. The van der Waals surface area contributed by atoms with Gasteiger partial charge >= 0.3 is 0 Å². The third-order valence-electron chi connectivity index (χ3n) is 3.96. The van der Waals surface area contributed by atoms with Gasteiger partial charge in [-0.25, -0.2) is 4.68 Å². The van der Waals surface area contributed by atoms with Crippen LogP contribution in [0.5, 0.6) is 0 Å². The van der Waals surface area contributed by atoms with E-state index in [4.69, 9.17) is 5.11 Å². The Hall–Kier alpha value is -2.14. The van der Waals surface area contributed by atoms with Gasteiger partial charge in [-0.1, -0.05) is 6.92 Å². The largest absolute Gasteiger partial charge is 0.396 e. The molecule has 1 unspecified atom stereocenters. The molecule has 1 aromatic carbocycles. The molecule has 0 radical (unpaired) electrons. The lowest BCUT2D eigenvalue weighted by atomic mass is 9.94. The van der Waals surface area contributed by atoms with Crippen molar-refractivity contribution >= 4 is 5.91 Å². The molecular formula is C17H23N3O2. The molecule has 0 aliphatic heterocycles. The van der Waals surface area contributed by atoms with E-state index >= 15 is 0 Å². The fourth-order valence-electron chi connectivity index (χ4n) is 2.24. The second-order valence-electron chi connectivity index (χ2n) is 5.85. The second kappa shape index (κ2) is 6.75. The summed E-state index contributed by atoms with van der Waals surface area (Å²) in [6.07, 6.45) is 5.04. The number of amides is 1. The number of nitrogens with one attached hydrogen (secondary N) is 1. The van der Waals surface area contributed by atoms with E-state index in [0.29, 0.717) is 12.0 Å². The Morgan fingerprint density at radius 2 is 2.05 bits per heavy atom. The van der Waals surface area contributed by atoms with E-state index < -0.39 is 0 Å². The molecule has 2 aromatic rings. The smallest absolute Gasteiger partial charge is 0.251 e. The fraction of sp³-hybridized carbons (Fsp3) is 0.412. The van der Waals surface area contributed by atoms with Crippen LogP contribution < -0.4 is 5.32 Å². The van der Waals surface area contributed by atoms with E-state index in [-0.39, 0.29) is 18.1 Å². The van der Waals surface area contributed by atoms with Gasteiger partial charge < -0.3 is 10.4 Å². The van der Waals surface area contributed by atoms with Crippen molar-refractivity contribution in [3.63, 3.8) is 0 Å². The minimum absolute atomic E-state index is 0.0577. The van der Waals surface area contributed by atoms with Crippen LogP contribution in [-0.4, -0.2) is 32.9 Å². The van der Waals surface area contributed by atoms with Crippen molar-refractivity contribution in [2.45, 2.75) is 39.2 Å². The molecule has 0 saturated carbocycles. The fourth-order valence-corrected chi connectivity index (χ4v) is 2.24. The molecule has 5 nitrogen and oxygen atoms in total. The average Bonchev–Trinajstić information content (AvgIpc) is 2.94. The van der Waals surface area contributed by atoms with Gasteiger partial charge in [-0.05, 0) is 56.5 Å². The number of rotatable bonds is 6. The summed E-state index contributed by atoms with van der Waals surface area (Å²) in [5.74, 6) is -0.124. The lowest BCUT2D eigenvalue weighted by Crippen LogP contribution is -2.46. The molecule has 0 fully saturated rings. The molecule has 0 bridgehead atoms. The molecule has 5 heteroatoms. The zero-order chi connectivity index (χ0) is 16.2. The van der Waals surface area contributed by atoms with Crippen molar-refractivity contribution in [3.05, 3.63) is 47.8 Å². The first-order valence-electron chi connectivity index (χ1n) is 7.52. The molecule has 0 spiro atoms. The Morgan fingerprint density at radius 1 is 1.36 bits per heavy atom. The molecule has 22 heavy (non-hydrogen) atoms. The summed E-state index contributed by atoms with van der Waals surface area (Å²) in [5.41, 5.74) is 2.22. The van der Waals surface area contributed by atoms with Gasteiger partial charge in [-0.15, -0.1) is 0 Å². The summed E-state index contributed by atoms with van der Waals surface area (Å²) in [5, 5.41) is 16.4. The van der Waals surface area contributed by atoms with E-state index in [1.807, 2.05) is 39.1 Å². The summed E-state index contributed by atoms with van der Waals surface area (Å²) < 4.78 is 1.78. The first-order valence-corrected chi connectivity index (χ1v) is 7.52. The zero-order valence-corrected chi connectivity index (χ0v) is 13.3. The number of nitrogens with zero attached hydrogens (tertiary/aromatic N) is 2. The van der Waals surface area contributed by atoms with E-state index in [1.165, 1.54) is 0 Å². The zero-order valence-electron chi connectivity index (χ0n) is 13.3. The van der Waals surface area contributed by atoms with Gasteiger partial charge in [-0.3, -0.25) is 4.79 Å². The number of hydrogen-bond donors (Lipinski definition) is 2. The second-order valence-corrected chi connectivity index (χ2v) is 5.85. The maximum absolute atomic E-state index is 12.3. The van der Waals surface area contributed by atoms with Gasteiger partial charge in [0.25, 0.3) is 5.91 Å². The van der Waals surface area contributed by atoms with Crippen LogP contribution in [-0.2, 0) is 0 Å². The minimum Gasteiger partial charge on any atom is -0.396 e. The van der Waals surface area contributed by atoms with Gasteiger partial charge in [-0.2, -0.15) is 5.10 Å². The highest BCUT2D eigenvalue weighted by atomic mass is 16.3. The molecule has 118 valence electrons. The maximum atomic E-state index is 12.3. The highest BCUT2D eigenvalue weighted by molar-refractivity contribution is 5.94. The molecule has 1 atom stereocenters. The molecule has 0 aliphatic rings. The first-order chi connectivity index (χ1) is 10.5. The number of benzene rings is 1. The normalized spacial score (nSPS) is 13.6. The Morgan fingerprint density at radius 3 is 2.55 bits per heavy atom. The topological polar surface area (TPSA) is 67.2 Å². The maximum Gasteiger partial charge on any atom is 0.251 e. The monoisotopic (exact) mass is 301 g/mol. The predicted octanol–water partition coefficient (Wildman–Crippen LogP) is 2.46. The van der Waals surface area contributed by atoms with Crippen LogP contribution >= 0.6 is 0 Å². The van der Waals surface area contributed by atoms with Gasteiger partial charge in [0, 0.05) is 23.9 Å². The Bertz CT molecular complexity index is 634. The first kappa shape index (κ1) is 16.2. The molecule has 1 heterocycles. The Balaban J connectivity index is 2.11. The van der Waals surface area contributed by atoms with Crippen LogP contribution in [0.2, 0.25) is 0 Å². The van der Waals surface area contributed by atoms with Crippen LogP contribution in [0.15, 0.2) is 36.7 Å². The van der Waals surface area contributed by atoms with Crippen molar-refractivity contribution in [2.75, 3.05) is 6.61 Å². The standard InChI is InChI=1S/C17H23N3O2/c1-4-17(3,9-10-21)19-16(22)14-5-7-15(8-6-14)20-12-13(2)11-18-20/h5-8,11-12,21H,4,9-10H2,1-3H3,(H,19,22). The van der Waals surface area contributed by atoms with Crippen molar-refractivity contribution in [1.82, 2.24) is 15.1 Å². The van der Waals surface area contributed by atoms with Gasteiger partial charge in [0.05, 0.1) is 11.9 Å². The number of carbonyl (C=O) groups is 1. The van der Waals surface area contributed by atoms with Crippen LogP contribution in [0.25, 0.3) is 5.69 Å². The van der Waals surface area contributed by atoms with E-state index in [9.17, 15) is 4.79 Å². The number of aromatic nitrogens is 2. The molecule has 1 aromatic heterocycles. The van der Waals surface area contributed by atoms with Crippen LogP contribution in [0.4, 0.5) is 0 Å². The SMILES string of the molecule is CCC(C)(CCO)NC(=O)c1ccc(-n2cc(C)cn2)cc1. The van der Waals surface area contributed by atoms with Crippen LogP contribution in [0.3, 0.4) is 0 Å². The van der Waals surface area contributed by atoms with Crippen LogP contribution in [0.1, 0.15) is 42.6 Å². The minimum atomic E-state index is -0.385. The third kappa shape index (κ3) is 3.74. The van der Waals surface area contributed by atoms with Crippen molar-refractivity contribution in [1.29, 1.82) is 0 Å². The molecular weight excluding hydrogens is 278 g/mol. The molecule has 0 aliphatic carbocycles. The van der Waals surface area contributed by atoms with E-state index in [0.717, 1.165) is 17.7 Å². The number of aliphatic hydroxyl groups excluding tert-OH is 1. The number of hydrogen-bond acceptors (Lipinski definition) is 3. The van der Waals surface area contributed by atoms with Crippen molar-refractivity contribution in [2.24, 2.45) is 0 Å². The van der Waals surface area contributed by atoms with Gasteiger partial charge in [0.15, 0.2) is 0 Å². The van der Waals surface area contributed by atoms with Crippen molar-refractivity contribution in [3.8, 4) is 5.69 Å². The Labute approximate surface area is 131 Å². The molecule has 2 rings (SSSR count). The quantitative estimate of drug-likeness (QED) is 0.861. The summed E-state index contributed by atoms with van der Waals surface area (Å²) >= 11 is 0. The summed E-state index contributed by atoms with van der Waals surface area (Å²) in [6.45, 7) is 5.99. The predicted molar refractivity (Wildman–Crippen MR) is 86.2 cm³/mol. The summed E-state index contributed by atoms with van der Waals surface area (Å²) in [4.78, 5) is 12.3. The van der Waals surface area contributed by atoms with E-state index in [1.54, 1.807) is 23.0 Å². The summed E-state index contributed by atoms with van der Waals surface area (Å²) in [7, 11) is 0. The highest BCUT2D eigenvalue weighted by Gasteiger charge is 2.24. The van der Waals surface area contributed by atoms with Crippen LogP contribution in [0, 0.1) is 6.92 Å².